The van der Waals surface area contributed by atoms with E-state index < -0.39 is 0 Å². The van der Waals surface area contributed by atoms with Crippen molar-refractivity contribution in [2.24, 2.45) is 7.05 Å². The zero-order chi connectivity index (χ0) is 14.3. The van der Waals surface area contributed by atoms with Crippen molar-refractivity contribution in [1.29, 1.82) is 0 Å². The third kappa shape index (κ3) is 2.17. The van der Waals surface area contributed by atoms with E-state index in [1.54, 1.807) is 19.2 Å². The molecule has 0 N–H and O–H groups in total. The van der Waals surface area contributed by atoms with Crippen LogP contribution in [0, 0.1) is 0 Å². The topological polar surface area (TPSA) is 65.6 Å². The summed E-state index contributed by atoms with van der Waals surface area (Å²) in [7, 11) is 1.69. The number of rotatable bonds is 2. The summed E-state index contributed by atoms with van der Waals surface area (Å²) in [6.07, 6.45) is 1.47. The highest BCUT2D eigenvalue weighted by molar-refractivity contribution is 6.42. The maximum Gasteiger partial charge on any atom is 0.283 e. The van der Waals surface area contributed by atoms with Gasteiger partial charge in [0.05, 0.1) is 16.6 Å². The van der Waals surface area contributed by atoms with E-state index >= 15 is 0 Å². The normalized spacial score (nSPS) is 11.2. The van der Waals surface area contributed by atoms with Gasteiger partial charge in [-0.2, -0.15) is 0 Å². The Hall–Kier alpha value is -1.92. The Balaban J connectivity index is 2.04. The van der Waals surface area contributed by atoms with Crippen LogP contribution >= 0.6 is 23.2 Å². The smallest absolute Gasteiger partial charge is 0.283 e. The number of hydrogen-bond donors (Lipinski definition) is 0. The number of hydrogen-bond acceptors (Lipinski definition) is 4. The average Bonchev–Trinajstić information content (AvgIpc) is 2.80. The van der Waals surface area contributed by atoms with Crippen LogP contribution in [-0.4, -0.2) is 24.5 Å². The molecule has 8 heteroatoms. The predicted molar refractivity (Wildman–Crippen MR) is 76.1 cm³/mol. The van der Waals surface area contributed by atoms with E-state index in [0.29, 0.717) is 22.2 Å². The van der Waals surface area contributed by atoms with Crippen molar-refractivity contribution >= 4 is 34.4 Å². The fourth-order valence-corrected chi connectivity index (χ4v) is 2.22. The summed E-state index contributed by atoms with van der Waals surface area (Å²) in [5.41, 5.74) is 1.32. The highest BCUT2D eigenvalue weighted by Gasteiger charge is 2.10. The van der Waals surface area contributed by atoms with E-state index in [1.807, 2.05) is 6.07 Å². The molecule has 6 nitrogen and oxygen atoms in total. The van der Waals surface area contributed by atoms with Crippen LogP contribution in [-0.2, 0) is 13.6 Å². The maximum absolute atomic E-state index is 12.2. The van der Waals surface area contributed by atoms with Crippen LogP contribution in [0.5, 0.6) is 0 Å². The first-order valence-electron chi connectivity index (χ1n) is 5.75. The van der Waals surface area contributed by atoms with Crippen molar-refractivity contribution < 1.29 is 0 Å². The Labute approximate surface area is 123 Å². The molecule has 2 heterocycles. The molecule has 1 aromatic carbocycles. The van der Waals surface area contributed by atoms with Gasteiger partial charge >= 0.3 is 0 Å². The first-order chi connectivity index (χ1) is 9.56. The Morgan fingerprint density at radius 1 is 1.25 bits per heavy atom. The second kappa shape index (κ2) is 4.88. The van der Waals surface area contributed by atoms with Crippen LogP contribution in [0.2, 0.25) is 10.0 Å². The lowest BCUT2D eigenvalue weighted by atomic mass is 10.2. The van der Waals surface area contributed by atoms with Crippen molar-refractivity contribution in [3.05, 3.63) is 50.5 Å². The summed E-state index contributed by atoms with van der Waals surface area (Å²) >= 11 is 11.8. The number of fused-ring (bicyclic) bond motifs is 1. The molecule has 20 heavy (non-hydrogen) atoms. The van der Waals surface area contributed by atoms with Crippen LogP contribution in [0.15, 0.2) is 29.3 Å². The molecule has 0 spiro atoms. The van der Waals surface area contributed by atoms with Gasteiger partial charge in [-0.3, -0.25) is 9.36 Å². The van der Waals surface area contributed by atoms with E-state index in [4.69, 9.17) is 23.2 Å². The van der Waals surface area contributed by atoms with Crippen molar-refractivity contribution in [3.8, 4) is 0 Å². The van der Waals surface area contributed by atoms with Gasteiger partial charge in [0, 0.05) is 7.05 Å². The van der Waals surface area contributed by atoms with E-state index in [-0.39, 0.29) is 11.1 Å². The number of halogens is 2. The first kappa shape index (κ1) is 13.1. The highest BCUT2D eigenvalue weighted by atomic mass is 35.5. The SMILES string of the molecule is Cn1nnc2c(=O)n(Cc3ccc(Cl)c(Cl)c3)cnc21. The standard InChI is InChI=1S/C12H9Cl2N5O/c1-18-11-10(16-17-18)12(20)19(6-15-11)5-7-2-3-8(13)9(14)4-7/h2-4,6H,5H2,1H3. The molecule has 2 aromatic heterocycles. The minimum absolute atomic E-state index is 0.242. The summed E-state index contributed by atoms with van der Waals surface area (Å²) in [5.74, 6) is 0. The number of aryl methyl sites for hydroxylation is 1. The quantitative estimate of drug-likeness (QED) is 0.725. The van der Waals surface area contributed by atoms with Crippen LogP contribution < -0.4 is 5.56 Å². The fourth-order valence-electron chi connectivity index (χ4n) is 1.90. The molecule has 0 aliphatic rings. The molecule has 3 rings (SSSR count). The zero-order valence-corrected chi connectivity index (χ0v) is 11.9. The minimum atomic E-state index is -0.242. The van der Waals surface area contributed by atoms with Gasteiger partial charge in [0.1, 0.15) is 6.33 Å². The Bertz CT molecular complexity index is 855. The van der Waals surface area contributed by atoms with Crippen LogP contribution in [0.4, 0.5) is 0 Å². The molecule has 0 unspecified atom stereocenters. The van der Waals surface area contributed by atoms with Gasteiger partial charge in [-0.25, -0.2) is 9.67 Å². The van der Waals surface area contributed by atoms with Crippen molar-refractivity contribution in [3.63, 3.8) is 0 Å². The maximum atomic E-state index is 12.2. The molecule has 0 bridgehead atoms. The molecule has 0 atom stereocenters. The third-order valence-electron chi connectivity index (χ3n) is 2.92. The first-order valence-corrected chi connectivity index (χ1v) is 6.50. The van der Waals surface area contributed by atoms with Gasteiger partial charge in [0.25, 0.3) is 5.56 Å². The Kier molecular flexibility index (Phi) is 3.19. The third-order valence-corrected chi connectivity index (χ3v) is 3.66. The van der Waals surface area contributed by atoms with Crippen molar-refractivity contribution in [2.75, 3.05) is 0 Å². The Morgan fingerprint density at radius 3 is 2.80 bits per heavy atom. The van der Waals surface area contributed by atoms with Gasteiger partial charge in [0.15, 0.2) is 11.2 Å². The molecule has 0 amide bonds. The summed E-state index contributed by atoms with van der Waals surface area (Å²) in [6, 6.07) is 5.22. The highest BCUT2D eigenvalue weighted by Crippen LogP contribution is 2.22. The lowest BCUT2D eigenvalue weighted by Crippen LogP contribution is -2.21. The molecule has 102 valence electrons. The molecule has 0 saturated carbocycles. The van der Waals surface area contributed by atoms with Crippen molar-refractivity contribution in [2.45, 2.75) is 6.54 Å². The second-order valence-electron chi connectivity index (χ2n) is 4.31. The molecular weight excluding hydrogens is 301 g/mol. The number of aromatic nitrogens is 5. The molecular formula is C12H9Cl2N5O. The van der Waals surface area contributed by atoms with Crippen molar-refractivity contribution in [1.82, 2.24) is 24.5 Å². The number of nitrogens with zero attached hydrogens (tertiary/aromatic N) is 5. The van der Waals surface area contributed by atoms with Gasteiger partial charge in [0.2, 0.25) is 0 Å². The van der Waals surface area contributed by atoms with E-state index in [2.05, 4.69) is 15.3 Å². The van der Waals surface area contributed by atoms with Gasteiger partial charge in [-0.1, -0.05) is 34.5 Å². The molecule has 0 aliphatic carbocycles. The number of benzene rings is 1. The van der Waals surface area contributed by atoms with Gasteiger partial charge in [-0.05, 0) is 17.7 Å². The second-order valence-corrected chi connectivity index (χ2v) is 5.13. The largest absolute Gasteiger partial charge is 0.293 e. The van der Waals surface area contributed by atoms with Crippen LogP contribution in [0.3, 0.4) is 0 Å². The summed E-state index contributed by atoms with van der Waals surface area (Å²) in [5, 5.41) is 8.53. The predicted octanol–water partition coefficient (Wildman–Crippen LogP) is 1.88. The van der Waals surface area contributed by atoms with Crippen LogP contribution in [0.1, 0.15) is 5.56 Å². The minimum Gasteiger partial charge on any atom is -0.293 e. The monoisotopic (exact) mass is 309 g/mol. The molecule has 0 aliphatic heterocycles. The summed E-state index contributed by atoms with van der Waals surface area (Å²) in [4.78, 5) is 16.4. The van der Waals surface area contributed by atoms with Gasteiger partial charge < -0.3 is 0 Å². The Morgan fingerprint density at radius 2 is 2.05 bits per heavy atom. The van der Waals surface area contributed by atoms with Gasteiger partial charge in [-0.15, -0.1) is 5.10 Å². The lowest BCUT2D eigenvalue weighted by Gasteiger charge is -2.06. The van der Waals surface area contributed by atoms with E-state index in [9.17, 15) is 4.79 Å². The van der Waals surface area contributed by atoms with Crippen LogP contribution in [0.25, 0.3) is 11.2 Å². The summed E-state index contributed by atoms with van der Waals surface area (Å²) < 4.78 is 2.91. The zero-order valence-electron chi connectivity index (χ0n) is 10.4. The fraction of sp³-hybridized carbons (Fsp3) is 0.167. The molecule has 0 saturated heterocycles. The van der Waals surface area contributed by atoms with E-state index in [1.165, 1.54) is 15.6 Å². The van der Waals surface area contributed by atoms with E-state index in [0.717, 1.165) is 5.56 Å². The molecule has 3 aromatic rings. The summed E-state index contributed by atoms with van der Waals surface area (Å²) in [6.45, 7) is 0.342. The molecule has 0 radical (unpaired) electrons. The average molecular weight is 310 g/mol. The molecule has 0 fully saturated rings. The lowest BCUT2D eigenvalue weighted by molar-refractivity contribution is 0.724.